The monoisotopic (exact) mass is 291 g/mol. The van der Waals surface area contributed by atoms with Gasteiger partial charge in [-0.25, -0.2) is 4.39 Å². The van der Waals surface area contributed by atoms with Crippen molar-refractivity contribution in [3.63, 3.8) is 0 Å². The van der Waals surface area contributed by atoms with Crippen molar-refractivity contribution in [3.8, 4) is 0 Å². The highest BCUT2D eigenvalue weighted by Crippen LogP contribution is 2.24. The summed E-state index contributed by atoms with van der Waals surface area (Å²) in [4.78, 5) is 13.4. The summed E-state index contributed by atoms with van der Waals surface area (Å²) < 4.78 is 13.7. The lowest BCUT2D eigenvalue weighted by molar-refractivity contribution is 0.0931. The van der Waals surface area contributed by atoms with Crippen LogP contribution >= 0.6 is 11.3 Å². The zero-order valence-corrected chi connectivity index (χ0v) is 12.5. The van der Waals surface area contributed by atoms with Gasteiger partial charge in [0.1, 0.15) is 5.82 Å². The minimum atomic E-state index is -0.477. The second-order valence-corrected chi connectivity index (χ2v) is 5.79. The Morgan fingerprint density at radius 1 is 1.40 bits per heavy atom. The predicted octanol–water partition coefficient (Wildman–Crippen LogP) is 4.47. The molecule has 0 fully saturated rings. The quantitative estimate of drug-likeness (QED) is 0.865. The van der Waals surface area contributed by atoms with Crippen LogP contribution in [0.4, 0.5) is 4.39 Å². The van der Waals surface area contributed by atoms with Crippen molar-refractivity contribution in [2.75, 3.05) is 0 Å². The number of hydrogen-bond acceptors (Lipinski definition) is 2. The molecule has 0 aliphatic carbocycles. The van der Waals surface area contributed by atoms with Gasteiger partial charge in [-0.1, -0.05) is 31.0 Å². The number of hydrogen-bond donors (Lipinski definition) is 1. The van der Waals surface area contributed by atoms with Gasteiger partial charge in [0.2, 0.25) is 0 Å². The van der Waals surface area contributed by atoms with Gasteiger partial charge < -0.3 is 5.32 Å². The molecule has 106 valence electrons. The lowest BCUT2D eigenvalue weighted by Gasteiger charge is -2.17. The number of aryl methyl sites for hydroxylation is 1. The lowest BCUT2D eigenvalue weighted by Crippen LogP contribution is -2.28. The molecule has 0 saturated heterocycles. The van der Waals surface area contributed by atoms with Crippen LogP contribution in [0.5, 0.6) is 0 Å². The van der Waals surface area contributed by atoms with Crippen LogP contribution in [0.25, 0.3) is 0 Å². The first-order valence-corrected chi connectivity index (χ1v) is 7.60. The molecule has 1 atom stereocenters. The van der Waals surface area contributed by atoms with Crippen LogP contribution in [0.1, 0.15) is 46.6 Å². The molecule has 1 aromatic carbocycles. The average molecular weight is 291 g/mol. The van der Waals surface area contributed by atoms with E-state index < -0.39 is 5.82 Å². The van der Waals surface area contributed by atoms with Gasteiger partial charge in [0.15, 0.2) is 0 Å². The molecule has 0 aliphatic heterocycles. The van der Waals surface area contributed by atoms with E-state index in [4.69, 9.17) is 0 Å². The third-order valence-corrected chi connectivity index (χ3v) is 4.12. The highest BCUT2D eigenvalue weighted by Gasteiger charge is 2.18. The van der Waals surface area contributed by atoms with Crippen molar-refractivity contribution in [2.24, 2.45) is 0 Å². The van der Waals surface area contributed by atoms with Gasteiger partial charge in [0.25, 0.3) is 5.91 Å². The van der Waals surface area contributed by atoms with Crippen molar-refractivity contribution in [3.05, 3.63) is 57.5 Å². The maximum atomic E-state index is 13.7. The normalized spacial score (nSPS) is 12.2. The zero-order valence-electron chi connectivity index (χ0n) is 11.7. The molecule has 0 radical (unpaired) electrons. The SMILES string of the molecule is CCCC(NC(=O)c1cc(C)ccc1F)c1cccs1. The molecule has 1 amide bonds. The number of rotatable bonds is 5. The molecule has 2 aromatic rings. The zero-order chi connectivity index (χ0) is 14.5. The van der Waals surface area contributed by atoms with Crippen molar-refractivity contribution in [2.45, 2.75) is 32.7 Å². The first-order chi connectivity index (χ1) is 9.61. The summed E-state index contributed by atoms with van der Waals surface area (Å²) in [5.41, 5.74) is 0.988. The third-order valence-electron chi connectivity index (χ3n) is 3.14. The van der Waals surface area contributed by atoms with Crippen LogP contribution in [-0.2, 0) is 0 Å². The Bertz CT molecular complexity index is 580. The summed E-state index contributed by atoms with van der Waals surface area (Å²) in [6.07, 6.45) is 1.80. The first kappa shape index (κ1) is 14.7. The number of benzene rings is 1. The third kappa shape index (κ3) is 3.45. The van der Waals surface area contributed by atoms with Crippen LogP contribution in [0.3, 0.4) is 0 Å². The molecule has 0 bridgehead atoms. The largest absolute Gasteiger partial charge is 0.344 e. The number of amides is 1. The number of nitrogens with one attached hydrogen (secondary N) is 1. The van der Waals surface area contributed by atoms with E-state index in [1.807, 2.05) is 24.4 Å². The Labute approximate surface area is 122 Å². The standard InChI is InChI=1S/C16H18FNOS/c1-3-5-14(15-6-4-9-20-15)18-16(19)12-10-11(2)7-8-13(12)17/h4,6-10,14H,3,5H2,1-2H3,(H,18,19). The first-order valence-electron chi connectivity index (χ1n) is 6.72. The van der Waals surface area contributed by atoms with Crippen LogP contribution in [-0.4, -0.2) is 5.91 Å². The van der Waals surface area contributed by atoms with E-state index in [0.717, 1.165) is 23.3 Å². The minimum Gasteiger partial charge on any atom is -0.344 e. The highest BCUT2D eigenvalue weighted by atomic mass is 32.1. The molecule has 4 heteroatoms. The number of carbonyl (C=O) groups is 1. The fourth-order valence-corrected chi connectivity index (χ4v) is 2.93. The summed E-state index contributed by atoms with van der Waals surface area (Å²) in [5, 5.41) is 4.92. The Morgan fingerprint density at radius 3 is 2.85 bits per heavy atom. The van der Waals surface area contributed by atoms with Crippen molar-refractivity contribution < 1.29 is 9.18 Å². The highest BCUT2D eigenvalue weighted by molar-refractivity contribution is 7.10. The van der Waals surface area contributed by atoms with Gasteiger partial charge in [0.05, 0.1) is 11.6 Å². The van der Waals surface area contributed by atoms with E-state index in [-0.39, 0.29) is 17.5 Å². The Balaban J connectivity index is 2.18. The van der Waals surface area contributed by atoms with E-state index in [9.17, 15) is 9.18 Å². The summed E-state index contributed by atoms with van der Waals surface area (Å²) >= 11 is 1.61. The van der Waals surface area contributed by atoms with E-state index in [1.165, 1.54) is 6.07 Å². The lowest BCUT2D eigenvalue weighted by atomic mass is 10.1. The van der Waals surface area contributed by atoms with Gasteiger partial charge in [0, 0.05) is 4.88 Å². The van der Waals surface area contributed by atoms with Crippen LogP contribution in [0, 0.1) is 12.7 Å². The van der Waals surface area contributed by atoms with Gasteiger partial charge in [-0.15, -0.1) is 11.3 Å². The molecule has 20 heavy (non-hydrogen) atoms. The minimum absolute atomic E-state index is 0.0487. The number of carbonyl (C=O) groups excluding carboxylic acids is 1. The van der Waals surface area contributed by atoms with Crippen molar-refractivity contribution in [1.82, 2.24) is 5.32 Å². The molecule has 0 spiro atoms. The van der Waals surface area contributed by atoms with E-state index in [2.05, 4.69) is 12.2 Å². The smallest absolute Gasteiger partial charge is 0.254 e. The predicted molar refractivity (Wildman–Crippen MR) is 80.6 cm³/mol. The number of thiophene rings is 1. The van der Waals surface area contributed by atoms with E-state index >= 15 is 0 Å². The molecule has 0 aliphatic rings. The number of halogens is 1. The maximum Gasteiger partial charge on any atom is 0.254 e. The molecule has 2 nitrogen and oxygen atoms in total. The molecular formula is C16H18FNOS. The van der Waals surface area contributed by atoms with Crippen LogP contribution < -0.4 is 5.32 Å². The van der Waals surface area contributed by atoms with Crippen LogP contribution in [0.2, 0.25) is 0 Å². The summed E-state index contributed by atoms with van der Waals surface area (Å²) in [5.74, 6) is -0.826. The molecule has 2 rings (SSSR count). The Kier molecular flexibility index (Phi) is 4.90. The Morgan fingerprint density at radius 2 is 2.20 bits per heavy atom. The Hall–Kier alpha value is -1.68. The molecule has 1 aromatic heterocycles. The second kappa shape index (κ2) is 6.66. The van der Waals surface area contributed by atoms with Gasteiger partial charge in [-0.2, -0.15) is 0 Å². The summed E-state index contributed by atoms with van der Waals surface area (Å²) in [7, 11) is 0. The van der Waals surface area contributed by atoms with Gasteiger partial charge in [-0.3, -0.25) is 4.79 Å². The van der Waals surface area contributed by atoms with E-state index in [0.29, 0.717) is 0 Å². The molecule has 1 heterocycles. The topological polar surface area (TPSA) is 29.1 Å². The van der Waals surface area contributed by atoms with Crippen molar-refractivity contribution >= 4 is 17.2 Å². The average Bonchev–Trinajstić information content (AvgIpc) is 2.95. The summed E-state index contributed by atoms with van der Waals surface area (Å²) in [6.45, 7) is 3.92. The molecule has 0 saturated carbocycles. The van der Waals surface area contributed by atoms with Crippen LogP contribution in [0.15, 0.2) is 35.7 Å². The van der Waals surface area contributed by atoms with E-state index in [1.54, 1.807) is 23.5 Å². The fourth-order valence-electron chi connectivity index (χ4n) is 2.11. The molecule has 1 unspecified atom stereocenters. The fraction of sp³-hybridized carbons (Fsp3) is 0.312. The summed E-state index contributed by atoms with van der Waals surface area (Å²) in [6, 6.07) is 8.49. The molecule has 1 N–H and O–H groups in total. The molecular weight excluding hydrogens is 273 g/mol. The second-order valence-electron chi connectivity index (χ2n) is 4.81. The van der Waals surface area contributed by atoms with Gasteiger partial charge >= 0.3 is 0 Å². The van der Waals surface area contributed by atoms with Gasteiger partial charge in [-0.05, 0) is 36.9 Å². The van der Waals surface area contributed by atoms with Crippen molar-refractivity contribution in [1.29, 1.82) is 0 Å². The maximum absolute atomic E-state index is 13.7.